The zero-order valence-corrected chi connectivity index (χ0v) is 17.4. The molecule has 4 rings (SSSR count). The highest BCUT2D eigenvalue weighted by molar-refractivity contribution is 7.07. The largest absolute Gasteiger partial charge is 0.288 e. The Balaban J connectivity index is 2.11. The second-order valence-electron chi connectivity index (χ2n) is 6.73. The minimum atomic E-state index is -1.07. The lowest BCUT2D eigenvalue weighted by Gasteiger charge is -2.06. The van der Waals surface area contributed by atoms with E-state index in [0.717, 1.165) is 34.1 Å². The summed E-state index contributed by atoms with van der Waals surface area (Å²) in [6.07, 6.45) is 4.50. The summed E-state index contributed by atoms with van der Waals surface area (Å²) in [7, 11) is 0. The van der Waals surface area contributed by atoms with E-state index in [-0.39, 0.29) is 20.4 Å². The third kappa shape index (κ3) is 4.24. The van der Waals surface area contributed by atoms with Crippen LogP contribution in [-0.4, -0.2) is 15.3 Å². The van der Waals surface area contributed by atoms with Gasteiger partial charge in [0.2, 0.25) is 5.78 Å². The molecule has 2 heterocycles. The SMILES string of the molecule is N#CC(C(=O)c1ccccc1F)=c1sc(=Cc2ccncc2)c(=O)n1-c1ccc(F)cc1F. The summed E-state index contributed by atoms with van der Waals surface area (Å²) in [6, 6.07) is 12.6. The van der Waals surface area contributed by atoms with Gasteiger partial charge in [-0.2, -0.15) is 5.26 Å². The first-order chi connectivity index (χ1) is 15.9. The van der Waals surface area contributed by atoms with E-state index in [4.69, 9.17) is 0 Å². The monoisotopic (exact) mass is 463 g/mol. The Morgan fingerprint density at radius 3 is 2.42 bits per heavy atom. The van der Waals surface area contributed by atoms with Crippen molar-refractivity contribution < 1.29 is 18.0 Å². The number of halogens is 3. The van der Waals surface area contributed by atoms with Crippen molar-refractivity contribution in [2.45, 2.75) is 0 Å². The van der Waals surface area contributed by atoms with Crippen molar-refractivity contribution in [3.05, 3.63) is 115 Å². The Morgan fingerprint density at radius 2 is 1.76 bits per heavy atom. The van der Waals surface area contributed by atoms with Gasteiger partial charge in [-0.3, -0.25) is 19.1 Å². The molecule has 0 N–H and O–H groups in total. The molecule has 9 heteroatoms. The summed E-state index contributed by atoms with van der Waals surface area (Å²) in [5.41, 5.74) is -1.41. The predicted molar refractivity (Wildman–Crippen MR) is 117 cm³/mol. The Morgan fingerprint density at radius 1 is 1.03 bits per heavy atom. The van der Waals surface area contributed by atoms with Crippen molar-refractivity contribution in [3.8, 4) is 11.8 Å². The number of carbonyl (C=O) groups is 1. The number of Topliss-reactive ketones (excluding diaryl/α,β-unsaturated/α-hetero) is 1. The summed E-state index contributed by atoms with van der Waals surface area (Å²) in [5.74, 6) is -3.75. The summed E-state index contributed by atoms with van der Waals surface area (Å²) in [6.45, 7) is 0. The minimum Gasteiger partial charge on any atom is -0.288 e. The van der Waals surface area contributed by atoms with Crippen molar-refractivity contribution in [1.82, 2.24) is 9.55 Å². The molecular weight excluding hydrogens is 451 g/mol. The van der Waals surface area contributed by atoms with E-state index in [9.17, 15) is 28.0 Å². The van der Waals surface area contributed by atoms with E-state index in [1.54, 1.807) is 18.2 Å². The first kappa shape index (κ1) is 21.9. The molecule has 0 atom stereocenters. The van der Waals surface area contributed by atoms with Crippen LogP contribution in [0.4, 0.5) is 13.2 Å². The summed E-state index contributed by atoms with van der Waals surface area (Å²) < 4.78 is 43.1. The quantitative estimate of drug-likeness (QED) is 0.436. The van der Waals surface area contributed by atoms with Gasteiger partial charge >= 0.3 is 0 Å². The summed E-state index contributed by atoms with van der Waals surface area (Å²) >= 11 is 0.761. The Kier molecular flexibility index (Phi) is 6.02. The number of rotatable bonds is 4. The average Bonchev–Trinajstić information content (AvgIpc) is 3.11. The Labute approximate surface area is 188 Å². The van der Waals surface area contributed by atoms with Gasteiger partial charge in [0.25, 0.3) is 5.56 Å². The molecule has 0 bridgehead atoms. The zero-order valence-electron chi connectivity index (χ0n) is 16.6. The fourth-order valence-corrected chi connectivity index (χ4v) is 4.21. The number of nitrogens with zero attached hydrogens (tertiary/aromatic N) is 3. The highest BCUT2D eigenvalue weighted by atomic mass is 32.1. The normalized spacial score (nSPS) is 12.4. The second kappa shape index (κ2) is 9.06. The van der Waals surface area contributed by atoms with Crippen molar-refractivity contribution in [1.29, 1.82) is 5.26 Å². The fraction of sp³-hybridized carbons (Fsp3) is 0. The van der Waals surface area contributed by atoms with E-state index in [0.29, 0.717) is 11.6 Å². The number of aromatic nitrogens is 2. The standard InChI is InChI=1S/C24H12F3N3O2S/c25-15-5-6-20(19(27)12-15)30-23(32)21(11-14-7-9-29-10-8-14)33-24(30)17(13-28)22(31)16-3-1-2-4-18(16)26/h1-12H. The number of ketones is 1. The highest BCUT2D eigenvalue weighted by Gasteiger charge is 2.22. The lowest BCUT2D eigenvalue weighted by molar-refractivity contribution is 0.105. The van der Waals surface area contributed by atoms with Gasteiger partial charge in [-0.25, -0.2) is 13.2 Å². The van der Waals surface area contributed by atoms with Crippen LogP contribution >= 0.6 is 11.3 Å². The maximum absolute atomic E-state index is 14.6. The first-order valence-corrected chi connectivity index (χ1v) is 10.2. The highest BCUT2D eigenvalue weighted by Crippen LogP contribution is 2.15. The summed E-state index contributed by atoms with van der Waals surface area (Å²) in [4.78, 5) is 30.1. The second-order valence-corrected chi connectivity index (χ2v) is 7.76. The van der Waals surface area contributed by atoms with E-state index in [1.165, 1.54) is 36.7 Å². The van der Waals surface area contributed by atoms with E-state index in [2.05, 4.69) is 4.98 Å². The molecule has 33 heavy (non-hydrogen) atoms. The maximum atomic E-state index is 14.6. The van der Waals surface area contributed by atoms with Crippen LogP contribution in [0.15, 0.2) is 71.8 Å². The first-order valence-electron chi connectivity index (χ1n) is 9.43. The average molecular weight is 463 g/mol. The van der Waals surface area contributed by atoms with Gasteiger partial charge in [0.05, 0.1) is 15.8 Å². The molecule has 162 valence electrons. The van der Waals surface area contributed by atoms with Crippen LogP contribution in [0.25, 0.3) is 17.3 Å². The van der Waals surface area contributed by atoms with Gasteiger partial charge in [-0.1, -0.05) is 12.1 Å². The van der Waals surface area contributed by atoms with Crippen LogP contribution in [0.3, 0.4) is 0 Å². The number of benzene rings is 2. The lowest BCUT2D eigenvalue weighted by atomic mass is 10.0. The van der Waals surface area contributed by atoms with Crippen LogP contribution < -0.4 is 14.8 Å². The predicted octanol–water partition coefficient (Wildman–Crippen LogP) is 3.10. The number of thiazole rings is 1. The third-order valence-corrected chi connectivity index (χ3v) is 5.74. The van der Waals surface area contributed by atoms with Crippen molar-refractivity contribution in [3.63, 3.8) is 0 Å². The zero-order chi connectivity index (χ0) is 23.5. The van der Waals surface area contributed by atoms with Crippen molar-refractivity contribution >= 4 is 28.8 Å². The molecule has 0 fully saturated rings. The van der Waals surface area contributed by atoms with E-state index >= 15 is 0 Å². The van der Waals surface area contributed by atoms with Gasteiger partial charge in [0.15, 0.2) is 0 Å². The molecule has 0 radical (unpaired) electrons. The van der Waals surface area contributed by atoms with E-state index in [1.807, 2.05) is 0 Å². The molecular formula is C24H12F3N3O2S. The molecule has 0 saturated carbocycles. The van der Waals surface area contributed by atoms with Crippen molar-refractivity contribution in [2.75, 3.05) is 0 Å². The Hall–Kier alpha value is -4.29. The number of pyridine rings is 1. The molecule has 4 aromatic rings. The molecule has 5 nitrogen and oxygen atoms in total. The lowest BCUT2D eigenvalue weighted by Crippen LogP contribution is -2.32. The molecule has 0 saturated heterocycles. The minimum absolute atomic E-state index is 0.0778. The molecule has 0 aliphatic rings. The number of hydrogen-bond acceptors (Lipinski definition) is 5. The number of nitriles is 1. The molecule has 0 aliphatic heterocycles. The van der Waals surface area contributed by atoms with Crippen LogP contribution in [-0.2, 0) is 0 Å². The molecule has 2 aromatic heterocycles. The molecule has 0 aliphatic carbocycles. The number of hydrogen-bond donors (Lipinski definition) is 0. The van der Waals surface area contributed by atoms with Crippen molar-refractivity contribution in [2.24, 2.45) is 0 Å². The van der Waals surface area contributed by atoms with Gasteiger partial charge in [0.1, 0.15) is 33.8 Å². The van der Waals surface area contributed by atoms with Gasteiger partial charge < -0.3 is 0 Å². The molecule has 0 spiro atoms. The molecule has 0 unspecified atom stereocenters. The molecule has 2 aromatic carbocycles. The van der Waals surface area contributed by atoms with Crippen LogP contribution in [0.2, 0.25) is 0 Å². The van der Waals surface area contributed by atoms with Gasteiger partial charge in [-0.15, -0.1) is 11.3 Å². The maximum Gasteiger partial charge on any atom is 0.273 e. The smallest absolute Gasteiger partial charge is 0.273 e. The van der Waals surface area contributed by atoms with Crippen LogP contribution in [0.5, 0.6) is 0 Å². The third-order valence-electron chi connectivity index (χ3n) is 4.65. The van der Waals surface area contributed by atoms with Gasteiger partial charge in [-0.05, 0) is 48.0 Å². The molecule has 0 amide bonds. The summed E-state index contributed by atoms with van der Waals surface area (Å²) in [5, 5.41) is 9.77. The number of carbonyl (C=O) groups excluding carboxylic acids is 1. The topological polar surface area (TPSA) is 75.8 Å². The Bertz CT molecular complexity index is 1600. The fourth-order valence-electron chi connectivity index (χ4n) is 3.12. The van der Waals surface area contributed by atoms with Gasteiger partial charge in [0, 0.05) is 18.5 Å². The van der Waals surface area contributed by atoms with Crippen LogP contribution in [0.1, 0.15) is 15.9 Å². The van der Waals surface area contributed by atoms with Crippen LogP contribution in [0, 0.1) is 28.8 Å². The van der Waals surface area contributed by atoms with E-state index < -0.39 is 34.4 Å².